The number of rotatable bonds is 13. The molecule has 0 bridgehead atoms. The van der Waals surface area contributed by atoms with E-state index >= 15 is 8.78 Å². The molecule has 0 atom stereocenters. The van der Waals surface area contributed by atoms with Crippen molar-refractivity contribution in [3.63, 3.8) is 0 Å². The summed E-state index contributed by atoms with van der Waals surface area (Å²) in [4.78, 5) is 31.8. The van der Waals surface area contributed by atoms with E-state index in [0.717, 1.165) is 41.0 Å². The maximum Gasteiger partial charge on any atom is 2.00 e. The minimum absolute atomic E-state index is 0. The van der Waals surface area contributed by atoms with Crippen LogP contribution in [0.25, 0.3) is 45.0 Å². The van der Waals surface area contributed by atoms with E-state index in [1.807, 2.05) is 156 Å². The van der Waals surface area contributed by atoms with E-state index in [-0.39, 0.29) is 123 Å². The Kier molecular flexibility index (Phi) is 21.1. The van der Waals surface area contributed by atoms with Crippen molar-refractivity contribution in [1.29, 1.82) is 0 Å². The Bertz CT molecular complexity index is 5030. The van der Waals surface area contributed by atoms with Crippen LogP contribution in [0.1, 0.15) is 27.7 Å². The second kappa shape index (κ2) is 29.2. The number of anilines is 4. The van der Waals surface area contributed by atoms with Gasteiger partial charge in [0.25, 0.3) is 22.8 Å². The normalized spacial score (nSPS) is 15.1. The van der Waals surface area contributed by atoms with Crippen LogP contribution in [0, 0.1) is 116 Å². The third kappa shape index (κ3) is 14.3. The minimum atomic E-state index is -1.22. The summed E-state index contributed by atoms with van der Waals surface area (Å²) in [7, 11) is 9.51. The fourth-order valence-electron chi connectivity index (χ4n) is 10.2. The summed E-state index contributed by atoms with van der Waals surface area (Å²) in [6, 6.07) is 45.8. The Morgan fingerprint density at radius 1 is 0.434 bits per heavy atom. The number of halogens is 8. The van der Waals surface area contributed by atoms with Crippen molar-refractivity contribution in [3.05, 3.63) is 243 Å². The molecule has 0 unspecified atom stereocenters. The van der Waals surface area contributed by atoms with E-state index < -0.39 is 47.6 Å². The van der Waals surface area contributed by atoms with E-state index in [1.165, 1.54) is 54.2 Å². The topological polar surface area (TPSA) is 124 Å². The van der Waals surface area contributed by atoms with E-state index in [9.17, 15) is 26.3 Å². The average molecular weight is 1790 g/mol. The number of pyridine rings is 6. The molecule has 2 radical (unpaired) electrons. The first kappa shape index (κ1) is 71.7. The number of benzene rings is 2. The van der Waals surface area contributed by atoms with Crippen LogP contribution in [0.3, 0.4) is 0 Å². The molecule has 0 N–H and O–H groups in total. The summed E-state index contributed by atoms with van der Waals surface area (Å²) in [5.41, 5.74) is 5.58. The second-order valence-electron chi connectivity index (χ2n) is 21.8. The van der Waals surface area contributed by atoms with Crippen molar-refractivity contribution in [2.75, 3.05) is 54.8 Å². The van der Waals surface area contributed by atoms with Gasteiger partial charge in [-0.1, -0.05) is 102 Å². The Morgan fingerprint density at radius 3 is 1.28 bits per heavy atom. The number of allylic oxidation sites excluding steroid dienone is 4. The zero-order valence-corrected chi connectivity index (χ0v) is 59.3. The average Bonchev–Trinajstić information content (AvgIpc) is 1.70. The molecule has 8 aromatic rings. The van der Waals surface area contributed by atoms with Crippen LogP contribution in [-0.2, 0) is 60.6 Å². The maximum atomic E-state index is 16.0. The van der Waals surface area contributed by atoms with Crippen LogP contribution in [0.2, 0.25) is 0 Å². The first-order valence-corrected chi connectivity index (χ1v) is 28.8. The largest absolute Gasteiger partial charge is 2.00 e. The molecule has 0 saturated heterocycles. The molecule has 2 aromatic carbocycles. The summed E-state index contributed by atoms with van der Waals surface area (Å²) >= 11 is 0. The first-order valence-electron chi connectivity index (χ1n) is 28.8. The monoisotopic (exact) mass is 1790 g/mol. The van der Waals surface area contributed by atoms with Gasteiger partial charge in [0.1, 0.15) is 47.6 Å². The molecule has 0 spiro atoms. The summed E-state index contributed by atoms with van der Waals surface area (Å²) in [6.07, 6.45) is 14.4. The Hall–Kier alpha value is -10.1. The molecule has 0 aliphatic carbocycles. The van der Waals surface area contributed by atoms with Crippen LogP contribution >= 0.6 is 0 Å². The third-order valence-electron chi connectivity index (χ3n) is 15.4. The van der Waals surface area contributed by atoms with Crippen molar-refractivity contribution >= 4 is 57.8 Å². The van der Waals surface area contributed by atoms with Gasteiger partial charge in [-0.15, -0.1) is 43.7 Å². The molecule has 6 aliphatic heterocycles. The van der Waals surface area contributed by atoms with Gasteiger partial charge in [0.05, 0.1) is 11.4 Å². The third-order valence-corrected chi connectivity index (χ3v) is 15.4. The van der Waals surface area contributed by atoms with Crippen LogP contribution in [0.5, 0.6) is 11.5 Å². The van der Waals surface area contributed by atoms with Gasteiger partial charge >= 0.3 is 39.1 Å². The molecule has 12 heterocycles. The predicted molar refractivity (Wildman–Crippen MR) is 330 cm³/mol. The van der Waals surface area contributed by atoms with Crippen molar-refractivity contribution in [1.82, 2.24) is 39.7 Å². The van der Waals surface area contributed by atoms with Gasteiger partial charge in [-0.05, 0) is 79.8 Å². The van der Waals surface area contributed by atoms with E-state index in [1.54, 1.807) is 15.7 Å². The molecule has 14 rings (SSSR count). The standard InChI is InChI=1S/C54H42F4N15O.C15H5F4N3.Ir.Pt.Rh/c1-34-36(3)72(31-65(34)8)44-26-49(46(69-20-17-64(7)30-69)24-42(44)67-18-15-62(5)28-67)74-50-27-45(73-32-66(9)35(2)37(73)4)43(68-19-16-63(6)29-68)25-47(50)70-21-22-71(33-70)48-23-39(53(57)61-54(48)58)41-12-10-11-40(59-41)38-13-14-51(55)60-52(38)56;16-12-6-4-8(14(18)21-12)10-2-1-3-11(20-10)9-5-7-13(17)22-15(9)19;;;/h10-12,14-22,29-30,33H,1-9H3;1-3,6-7H;;;/q-3;-2;;+2;. The summed E-state index contributed by atoms with van der Waals surface area (Å²) in [5, 5.41) is 0. The number of aromatic nitrogens is 6. The molecular weight excluding hydrogens is 1740 g/mol. The predicted octanol–water partition coefficient (Wildman–Crippen LogP) is 11.7. The van der Waals surface area contributed by atoms with Gasteiger partial charge in [0.2, 0.25) is 12.4 Å². The molecule has 506 valence electrons. The van der Waals surface area contributed by atoms with Gasteiger partial charge in [-0.25, -0.2) is 41.2 Å². The zero-order chi connectivity index (χ0) is 67.5. The Labute approximate surface area is 603 Å². The van der Waals surface area contributed by atoms with Crippen molar-refractivity contribution in [2.24, 2.45) is 0 Å². The molecule has 99 heavy (non-hydrogen) atoms. The fraction of sp³-hybridized carbons (Fsp3) is 0.130. The molecule has 19 nitrogen and oxygen atoms in total. The summed E-state index contributed by atoms with van der Waals surface area (Å²) < 4.78 is 131. The van der Waals surface area contributed by atoms with Crippen LogP contribution in [0.15, 0.2) is 127 Å². The van der Waals surface area contributed by atoms with Gasteiger partial charge in [0, 0.05) is 73.0 Å². The van der Waals surface area contributed by atoms with Crippen molar-refractivity contribution < 1.29 is 128 Å². The van der Waals surface area contributed by atoms with Crippen LogP contribution in [0.4, 0.5) is 74.9 Å². The van der Waals surface area contributed by atoms with Gasteiger partial charge in [-0.3, -0.25) is 26.0 Å². The van der Waals surface area contributed by atoms with Crippen LogP contribution < -0.4 is 24.3 Å². The van der Waals surface area contributed by atoms with Crippen molar-refractivity contribution in [3.8, 4) is 56.5 Å². The SMILES string of the molecule is CC1=C(C)[N+](c2[c-]c(Oc3[c-]c([N+]4=C=[N+](C)C(C)=C4C)c([N+]4=C=[N+](C)C=C4)[c-]c3N3C=CN(C)[CH-]3)c(N3C=CN(c4[c-]c(-c5cccc(-c6[c-]cc(F)nc6F)n5)c(F)nc4F)[CH-]3)[c-]c2N2C=CN(C)[CH-]2)=C=[N+]1C.Fc1c[c-]c(-c2cccc(-c3[c-]cc(F)nc3F)n2)c(F)n1.[Ir].[Pt+2].[Rh]. The Morgan fingerprint density at radius 2 is 0.848 bits per heavy atom. The second-order valence-corrected chi connectivity index (χ2v) is 21.8. The smallest absolute Gasteiger partial charge is 0.620 e. The molecule has 0 saturated carbocycles. The fourth-order valence-corrected chi connectivity index (χ4v) is 10.2. The number of ether oxygens (including phenoxy) is 1. The number of hydrogen-bond acceptors (Lipinski definition) is 13. The zero-order valence-electron chi connectivity index (χ0n) is 53.0. The van der Waals surface area contributed by atoms with Gasteiger partial charge in [0.15, 0.2) is 21.1 Å². The number of hydrogen-bond donors (Lipinski definition) is 0. The first-order chi connectivity index (χ1) is 46.0. The van der Waals surface area contributed by atoms with E-state index in [4.69, 9.17) is 4.74 Å². The van der Waals surface area contributed by atoms with Crippen molar-refractivity contribution in [2.45, 2.75) is 27.7 Å². The maximum absolute atomic E-state index is 16.0. The molecule has 0 fully saturated rings. The molecular formula is C69H47F8IrN18OPtRh-3. The molecule has 6 aliphatic rings. The van der Waals surface area contributed by atoms with E-state index in [2.05, 4.69) is 96.5 Å². The molecule has 6 aromatic heterocycles. The minimum Gasteiger partial charge on any atom is -0.620 e. The van der Waals surface area contributed by atoms with E-state index in [0.29, 0.717) is 34.1 Å². The van der Waals surface area contributed by atoms with Gasteiger partial charge in [-0.2, -0.15) is 43.5 Å². The van der Waals surface area contributed by atoms with Crippen LogP contribution in [-0.4, -0.2) is 120 Å². The molecule has 30 heteroatoms. The summed E-state index contributed by atoms with van der Waals surface area (Å²) in [6.45, 7) is 13.3. The quantitative estimate of drug-likeness (QED) is 0.0358. The number of nitrogens with zero attached hydrogens (tertiary/aromatic N) is 18. The summed E-state index contributed by atoms with van der Waals surface area (Å²) in [5.74, 6) is -8.46. The Balaban J connectivity index is 0.000000360. The molecule has 0 amide bonds. The van der Waals surface area contributed by atoms with Gasteiger partial charge < -0.3 is 44.1 Å².